The minimum atomic E-state index is -0.290. The highest BCUT2D eigenvalue weighted by Gasteiger charge is 2.40. The Bertz CT molecular complexity index is 576. The number of ether oxygens (including phenoxy) is 1. The first-order chi connectivity index (χ1) is 9.63. The van der Waals surface area contributed by atoms with Crippen LogP contribution in [0.1, 0.15) is 30.7 Å². The monoisotopic (exact) mass is 308 g/mol. The van der Waals surface area contributed by atoms with E-state index in [9.17, 15) is 4.79 Å². The highest BCUT2D eigenvalue weighted by Crippen LogP contribution is 2.38. The van der Waals surface area contributed by atoms with Crippen molar-refractivity contribution in [1.82, 2.24) is 10.2 Å². The number of rotatable bonds is 3. The lowest BCUT2D eigenvalue weighted by atomic mass is 10.0. The number of carbonyl (C=O) groups is 1. The van der Waals surface area contributed by atoms with Gasteiger partial charge >= 0.3 is 5.97 Å². The molecule has 1 aromatic rings. The third kappa shape index (κ3) is 2.23. The Labute approximate surface area is 127 Å². The first kappa shape index (κ1) is 13.6. The first-order valence-corrected chi connectivity index (χ1v) is 7.84. The lowest BCUT2D eigenvalue weighted by Gasteiger charge is -2.37. The summed E-state index contributed by atoms with van der Waals surface area (Å²) in [6, 6.07) is 4.21. The van der Waals surface area contributed by atoms with Crippen molar-refractivity contribution in [2.75, 3.05) is 7.11 Å². The maximum absolute atomic E-state index is 12.2. The minimum Gasteiger partial charge on any atom is -0.466 e. The molecule has 3 rings (SSSR count). The van der Waals surface area contributed by atoms with Crippen LogP contribution in [0.15, 0.2) is 28.8 Å². The van der Waals surface area contributed by atoms with Crippen LogP contribution < -0.4 is 5.32 Å². The summed E-state index contributed by atoms with van der Waals surface area (Å²) in [5.41, 5.74) is 1.58. The lowest BCUT2D eigenvalue weighted by molar-refractivity contribution is -0.136. The van der Waals surface area contributed by atoms with Crippen LogP contribution in [0.25, 0.3) is 0 Å². The summed E-state index contributed by atoms with van der Waals surface area (Å²) in [7, 11) is 1.42. The van der Waals surface area contributed by atoms with E-state index in [1.807, 2.05) is 24.4 Å². The van der Waals surface area contributed by atoms with Gasteiger partial charge in [-0.05, 0) is 43.4 Å². The van der Waals surface area contributed by atoms with Crippen LogP contribution in [0.5, 0.6) is 0 Å². The molecule has 0 spiro atoms. The molecule has 1 aromatic heterocycles. The summed E-state index contributed by atoms with van der Waals surface area (Å²) >= 11 is 7.09. The number of thiocarbonyl (C=S) groups is 1. The number of carbonyl (C=O) groups excluding carboxylic acids is 1. The van der Waals surface area contributed by atoms with Gasteiger partial charge in [0, 0.05) is 16.6 Å². The molecule has 1 saturated carbocycles. The molecule has 0 bridgehead atoms. The van der Waals surface area contributed by atoms with E-state index in [1.54, 1.807) is 11.3 Å². The molecule has 20 heavy (non-hydrogen) atoms. The molecular formula is C14H16N2O2S2. The van der Waals surface area contributed by atoms with Gasteiger partial charge in [-0.1, -0.05) is 6.07 Å². The van der Waals surface area contributed by atoms with Crippen LogP contribution in [0, 0.1) is 0 Å². The normalized spacial score (nSPS) is 22.8. The number of allylic oxidation sites excluding steroid dienone is 1. The maximum atomic E-state index is 12.2. The fourth-order valence-corrected chi connectivity index (χ4v) is 3.76. The van der Waals surface area contributed by atoms with Gasteiger partial charge in [0.15, 0.2) is 5.11 Å². The van der Waals surface area contributed by atoms with Gasteiger partial charge in [0.05, 0.1) is 18.7 Å². The smallest absolute Gasteiger partial charge is 0.338 e. The average Bonchev–Trinajstić information content (AvgIpc) is 3.10. The Hall–Kier alpha value is -1.40. The number of hydrogen-bond donors (Lipinski definition) is 1. The minimum absolute atomic E-state index is 0.204. The number of nitrogens with zero attached hydrogens (tertiary/aromatic N) is 1. The molecule has 0 radical (unpaired) electrons. The zero-order chi connectivity index (χ0) is 14.3. The summed E-state index contributed by atoms with van der Waals surface area (Å²) < 4.78 is 4.97. The third-order valence-electron chi connectivity index (χ3n) is 3.67. The van der Waals surface area contributed by atoms with Crippen molar-refractivity contribution in [3.8, 4) is 0 Å². The van der Waals surface area contributed by atoms with Crippen molar-refractivity contribution in [2.45, 2.75) is 31.8 Å². The Morgan fingerprint density at radius 1 is 1.55 bits per heavy atom. The number of thiophene rings is 1. The molecule has 1 fully saturated rings. The van der Waals surface area contributed by atoms with Crippen molar-refractivity contribution < 1.29 is 9.53 Å². The van der Waals surface area contributed by atoms with Crippen molar-refractivity contribution in [2.24, 2.45) is 0 Å². The molecule has 2 heterocycles. The number of methoxy groups -OCH3 is 1. The van der Waals surface area contributed by atoms with Crippen LogP contribution in [0.3, 0.4) is 0 Å². The predicted octanol–water partition coefficient (Wildman–Crippen LogP) is 2.59. The molecule has 1 atom stereocenters. The largest absolute Gasteiger partial charge is 0.466 e. The Morgan fingerprint density at radius 3 is 2.85 bits per heavy atom. The molecule has 0 unspecified atom stereocenters. The molecule has 0 saturated heterocycles. The lowest BCUT2D eigenvalue weighted by Crippen LogP contribution is -2.48. The zero-order valence-corrected chi connectivity index (χ0v) is 13.0. The number of hydrogen-bond acceptors (Lipinski definition) is 4. The van der Waals surface area contributed by atoms with E-state index in [0.29, 0.717) is 16.7 Å². The van der Waals surface area contributed by atoms with Crippen LogP contribution in [0.4, 0.5) is 0 Å². The van der Waals surface area contributed by atoms with Gasteiger partial charge in [-0.3, -0.25) is 0 Å². The Balaban J connectivity index is 2.06. The van der Waals surface area contributed by atoms with E-state index in [-0.39, 0.29) is 12.0 Å². The first-order valence-electron chi connectivity index (χ1n) is 6.55. The molecule has 2 aliphatic rings. The number of nitrogens with one attached hydrogen (secondary N) is 1. The molecular weight excluding hydrogens is 292 g/mol. The standard InChI is InChI=1S/C14H16N2O2S2/c1-8-11(13(17)18-2)12(10-4-3-7-20-10)15-14(19)16(8)9-5-6-9/h3-4,7,9,12H,5-6H2,1-2H3,(H,15,19)/t12-/m1/s1. The Kier molecular flexibility index (Phi) is 3.52. The quantitative estimate of drug-likeness (QED) is 0.686. The fraction of sp³-hybridized carbons (Fsp3) is 0.429. The van der Waals surface area contributed by atoms with Gasteiger partial charge < -0.3 is 15.0 Å². The van der Waals surface area contributed by atoms with E-state index in [2.05, 4.69) is 10.2 Å². The SMILES string of the molecule is COC(=O)C1=C(C)N(C2CC2)C(=S)N[C@@H]1c1cccs1. The topological polar surface area (TPSA) is 41.6 Å². The molecule has 0 aromatic carbocycles. The summed E-state index contributed by atoms with van der Waals surface area (Å²) in [6.07, 6.45) is 2.24. The summed E-state index contributed by atoms with van der Waals surface area (Å²) in [5.74, 6) is -0.290. The molecule has 6 heteroatoms. The molecule has 1 aliphatic carbocycles. The highest BCUT2D eigenvalue weighted by molar-refractivity contribution is 7.80. The van der Waals surface area contributed by atoms with E-state index in [0.717, 1.165) is 23.4 Å². The van der Waals surface area contributed by atoms with Crippen molar-refractivity contribution in [3.05, 3.63) is 33.7 Å². The Morgan fingerprint density at radius 2 is 2.30 bits per heavy atom. The van der Waals surface area contributed by atoms with Crippen LogP contribution in [0.2, 0.25) is 0 Å². The van der Waals surface area contributed by atoms with Crippen molar-refractivity contribution in [1.29, 1.82) is 0 Å². The second-order valence-corrected chi connectivity index (χ2v) is 6.36. The van der Waals surface area contributed by atoms with Crippen LogP contribution in [-0.2, 0) is 9.53 Å². The summed E-state index contributed by atoms with van der Waals surface area (Å²) in [4.78, 5) is 15.3. The van der Waals surface area contributed by atoms with Gasteiger partial charge in [-0.2, -0.15) is 0 Å². The summed E-state index contributed by atoms with van der Waals surface area (Å²) in [6.45, 7) is 1.96. The van der Waals surface area contributed by atoms with Gasteiger partial charge in [0.25, 0.3) is 0 Å². The predicted molar refractivity (Wildman–Crippen MR) is 82.4 cm³/mol. The van der Waals surface area contributed by atoms with Crippen LogP contribution >= 0.6 is 23.6 Å². The summed E-state index contributed by atoms with van der Waals surface area (Å²) in [5, 5.41) is 6.00. The van der Waals surface area contributed by atoms with Crippen LogP contribution in [-0.4, -0.2) is 29.1 Å². The second kappa shape index (κ2) is 5.18. The fourth-order valence-electron chi connectivity index (χ4n) is 2.57. The van der Waals surface area contributed by atoms with Crippen molar-refractivity contribution in [3.63, 3.8) is 0 Å². The molecule has 4 nitrogen and oxygen atoms in total. The van der Waals surface area contributed by atoms with E-state index in [4.69, 9.17) is 17.0 Å². The van der Waals surface area contributed by atoms with E-state index in [1.165, 1.54) is 7.11 Å². The highest BCUT2D eigenvalue weighted by atomic mass is 32.1. The van der Waals surface area contributed by atoms with Gasteiger partial charge in [-0.25, -0.2) is 4.79 Å². The molecule has 0 amide bonds. The van der Waals surface area contributed by atoms with E-state index >= 15 is 0 Å². The van der Waals surface area contributed by atoms with Crippen molar-refractivity contribution >= 4 is 34.6 Å². The number of esters is 1. The van der Waals surface area contributed by atoms with Gasteiger partial charge in [0.2, 0.25) is 0 Å². The maximum Gasteiger partial charge on any atom is 0.338 e. The zero-order valence-electron chi connectivity index (χ0n) is 11.4. The molecule has 1 aliphatic heterocycles. The van der Waals surface area contributed by atoms with E-state index < -0.39 is 0 Å². The van der Waals surface area contributed by atoms with Gasteiger partial charge in [-0.15, -0.1) is 11.3 Å². The average molecular weight is 308 g/mol. The molecule has 1 N–H and O–H groups in total. The second-order valence-electron chi connectivity index (χ2n) is 4.99. The van der Waals surface area contributed by atoms with Gasteiger partial charge in [0.1, 0.15) is 0 Å². The molecule has 106 valence electrons. The third-order valence-corrected chi connectivity index (χ3v) is 4.92.